The Kier molecular flexibility index (Phi) is 6.44. The number of phenols is 2. The Balaban J connectivity index is 1.88. The number of aliphatic hydroxyl groups is 4. The van der Waals surface area contributed by atoms with Gasteiger partial charge < -0.3 is 44.8 Å². The summed E-state index contributed by atoms with van der Waals surface area (Å²) in [6.07, 6.45) is -7.84. The van der Waals surface area contributed by atoms with Crippen LogP contribution in [0, 0.1) is 0 Å². The molecule has 1 aliphatic rings. The normalized spacial score (nSPS) is 26.2. The predicted octanol–water partition coefficient (Wildman–Crippen LogP) is -0.484. The zero-order valence-electron chi connectivity index (χ0n) is 15.9. The fraction of sp³-hybridized carbons (Fsp3) is 0.350. The number of rotatable bonds is 6. The number of ketones is 1. The monoisotopic (exact) mass is 422 g/mol. The van der Waals surface area contributed by atoms with Crippen LogP contribution in [0.2, 0.25) is 0 Å². The van der Waals surface area contributed by atoms with Crippen molar-refractivity contribution in [2.75, 3.05) is 13.7 Å². The second-order valence-corrected chi connectivity index (χ2v) is 6.71. The summed E-state index contributed by atoms with van der Waals surface area (Å²) < 4.78 is 15.6. The number of carbonyl (C=O) groups excluding carboxylic acids is 1. The van der Waals surface area contributed by atoms with Gasteiger partial charge in [0.1, 0.15) is 30.2 Å². The number of hydrogen-bond acceptors (Lipinski definition) is 10. The Hall–Kier alpha value is -2.89. The van der Waals surface area contributed by atoms with Gasteiger partial charge in [-0.2, -0.15) is 0 Å². The Labute approximate surface area is 171 Å². The first kappa shape index (κ1) is 21.8. The Morgan fingerprint density at radius 3 is 2.27 bits per heavy atom. The van der Waals surface area contributed by atoms with Crippen molar-refractivity contribution in [1.29, 1.82) is 0 Å². The molecule has 6 N–H and O–H groups in total. The van der Waals surface area contributed by atoms with E-state index in [0.29, 0.717) is 5.75 Å². The number of carbonyl (C=O) groups is 1. The summed E-state index contributed by atoms with van der Waals surface area (Å²) in [5, 5.41) is 59.1. The van der Waals surface area contributed by atoms with Crippen molar-refractivity contribution in [1.82, 2.24) is 0 Å². The van der Waals surface area contributed by atoms with E-state index in [-0.39, 0.29) is 11.1 Å². The van der Waals surface area contributed by atoms with E-state index in [1.54, 1.807) is 12.1 Å². The summed E-state index contributed by atoms with van der Waals surface area (Å²) in [7, 11) is 1.48. The molecule has 2 aromatic carbocycles. The molecule has 10 heteroatoms. The van der Waals surface area contributed by atoms with E-state index in [2.05, 4.69) is 0 Å². The largest absolute Gasteiger partial charge is 0.504 e. The van der Waals surface area contributed by atoms with Gasteiger partial charge in [0.15, 0.2) is 17.3 Å². The van der Waals surface area contributed by atoms with Crippen LogP contribution in [0.3, 0.4) is 0 Å². The third-order valence-corrected chi connectivity index (χ3v) is 4.76. The Bertz CT molecular complexity index is 895. The van der Waals surface area contributed by atoms with Gasteiger partial charge in [-0.15, -0.1) is 0 Å². The van der Waals surface area contributed by atoms with Crippen molar-refractivity contribution in [2.24, 2.45) is 0 Å². The molecule has 30 heavy (non-hydrogen) atoms. The molecule has 1 fully saturated rings. The van der Waals surface area contributed by atoms with Crippen LogP contribution in [-0.4, -0.2) is 80.8 Å². The highest BCUT2D eigenvalue weighted by atomic mass is 16.7. The summed E-state index contributed by atoms with van der Waals surface area (Å²) >= 11 is 0. The fourth-order valence-corrected chi connectivity index (χ4v) is 3.01. The number of hydrogen-bond donors (Lipinski definition) is 6. The van der Waals surface area contributed by atoms with E-state index in [0.717, 1.165) is 12.1 Å². The van der Waals surface area contributed by atoms with Crippen LogP contribution in [-0.2, 0) is 4.74 Å². The lowest BCUT2D eigenvalue weighted by molar-refractivity contribution is -0.277. The predicted molar refractivity (Wildman–Crippen MR) is 101 cm³/mol. The van der Waals surface area contributed by atoms with Crippen molar-refractivity contribution in [3.63, 3.8) is 0 Å². The van der Waals surface area contributed by atoms with Crippen molar-refractivity contribution in [2.45, 2.75) is 30.7 Å². The molecular weight excluding hydrogens is 400 g/mol. The molecule has 0 saturated carbocycles. The van der Waals surface area contributed by atoms with Gasteiger partial charge in [0.25, 0.3) is 0 Å². The Morgan fingerprint density at radius 2 is 1.67 bits per heavy atom. The standard InChI is InChI=1S/C20H22O10/c1-28-11-4-2-9(3-5-11)15(23)10-6-12(22)16(24)13(7-10)29-20-19(27)18(26)17(25)14(8-21)30-20/h2-7,14,17-22,24-27H,8H2,1H3. The van der Waals surface area contributed by atoms with Crippen LogP contribution in [0.4, 0.5) is 0 Å². The number of aromatic hydroxyl groups is 2. The molecule has 162 valence electrons. The zero-order valence-corrected chi connectivity index (χ0v) is 15.9. The van der Waals surface area contributed by atoms with Crippen LogP contribution < -0.4 is 9.47 Å². The molecule has 3 rings (SSSR count). The van der Waals surface area contributed by atoms with Crippen LogP contribution in [0.25, 0.3) is 0 Å². The lowest BCUT2D eigenvalue weighted by Gasteiger charge is -2.39. The van der Waals surface area contributed by atoms with Crippen LogP contribution >= 0.6 is 0 Å². The number of benzene rings is 2. The smallest absolute Gasteiger partial charge is 0.229 e. The second kappa shape index (κ2) is 8.86. The SMILES string of the molecule is COc1ccc(C(=O)c2cc(O)c(O)c(OC3OC(CO)C(O)C(O)C3O)c2)cc1. The third-order valence-electron chi connectivity index (χ3n) is 4.76. The summed E-state index contributed by atoms with van der Waals surface area (Å²) in [6, 6.07) is 8.37. The lowest BCUT2D eigenvalue weighted by atomic mass is 9.99. The number of methoxy groups -OCH3 is 1. The maximum Gasteiger partial charge on any atom is 0.229 e. The summed E-state index contributed by atoms with van der Waals surface area (Å²) in [5.74, 6) is -1.73. The molecule has 0 spiro atoms. The van der Waals surface area contributed by atoms with E-state index >= 15 is 0 Å². The summed E-state index contributed by atoms with van der Waals surface area (Å²) in [4.78, 5) is 12.7. The van der Waals surface area contributed by atoms with Gasteiger partial charge in [-0.05, 0) is 36.4 Å². The summed E-state index contributed by atoms with van der Waals surface area (Å²) in [6.45, 7) is -0.669. The Morgan fingerprint density at radius 1 is 1.00 bits per heavy atom. The maximum atomic E-state index is 12.7. The van der Waals surface area contributed by atoms with E-state index < -0.39 is 60.3 Å². The minimum absolute atomic E-state index is 0.0324. The molecule has 1 heterocycles. The van der Waals surface area contributed by atoms with Gasteiger partial charge in [0.05, 0.1) is 13.7 Å². The van der Waals surface area contributed by atoms with E-state index in [9.17, 15) is 35.4 Å². The molecule has 1 saturated heterocycles. The molecule has 5 unspecified atom stereocenters. The third kappa shape index (κ3) is 4.18. The van der Waals surface area contributed by atoms with E-state index in [1.165, 1.54) is 19.2 Å². The minimum Gasteiger partial charge on any atom is -0.504 e. The van der Waals surface area contributed by atoms with Gasteiger partial charge in [0.2, 0.25) is 12.0 Å². The van der Waals surface area contributed by atoms with Crippen LogP contribution in [0.1, 0.15) is 15.9 Å². The lowest BCUT2D eigenvalue weighted by Crippen LogP contribution is -2.60. The van der Waals surface area contributed by atoms with Gasteiger partial charge in [-0.3, -0.25) is 4.79 Å². The highest BCUT2D eigenvalue weighted by molar-refractivity contribution is 6.09. The molecule has 0 aromatic heterocycles. The molecule has 10 nitrogen and oxygen atoms in total. The van der Waals surface area contributed by atoms with Gasteiger partial charge in [-0.1, -0.05) is 0 Å². The van der Waals surface area contributed by atoms with Gasteiger partial charge in [0, 0.05) is 11.1 Å². The molecule has 1 aliphatic heterocycles. The highest BCUT2D eigenvalue weighted by Gasteiger charge is 2.45. The summed E-state index contributed by atoms with van der Waals surface area (Å²) in [5.41, 5.74) is 0.245. The molecule has 5 atom stereocenters. The molecule has 0 radical (unpaired) electrons. The first-order valence-corrected chi connectivity index (χ1v) is 8.98. The van der Waals surface area contributed by atoms with Crippen molar-refractivity contribution in [3.8, 4) is 23.0 Å². The van der Waals surface area contributed by atoms with Crippen molar-refractivity contribution in [3.05, 3.63) is 47.5 Å². The first-order chi connectivity index (χ1) is 14.3. The highest BCUT2D eigenvalue weighted by Crippen LogP contribution is 2.39. The van der Waals surface area contributed by atoms with E-state index in [1.807, 2.05) is 0 Å². The zero-order chi connectivity index (χ0) is 22.0. The topological polar surface area (TPSA) is 166 Å². The first-order valence-electron chi connectivity index (χ1n) is 8.98. The molecule has 0 aliphatic carbocycles. The van der Waals surface area contributed by atoms with Gasteiger partial charge in [-0.25, -0.2) is 0 Å². The van der Waals surface area contributed by atoms with Crippen LogP contribution in [0.5, 0.6) is 23.0 Å². The molecule has 0 amide bonds. The quantitative estimate of drug-likeness (QED) is 0.264. The number of ether oxygens (including phenoxy) is 3. The van der Waals surface area contributed by atoms with Gasteiger partial charge >= 0.3 is 0 Å². The van der Waals surface area contributed by atoms with Crippen molar-refractivity contribution >= 4 is 5.78 Å². The minimum atomic E-state index is -1.73. The average Bonchev–Trinajstić information content (AvgIpc) is 2.76. The molecular formula is C20H22O10. The number of aliphatic hydroxyl groups excluding tert-OH is 4. The molecule has 2 aromatic rings. The van der Waals surface area contributed by atoms with Crippen molar-refractivity contribution < 1.29 is 49.6 Å². The van der Waals surface area contributed by atoms with E-state index in [4.69, 9.17) is 14.2 Å². The maximum absolute atomic E-state index is 12.7. The molecule has 0 bridgehead atoms. The van der Waals surface area contributed by atoms with Crippen LogP contribution in [0.15, 0.2) is 36.4 Å². The average molecular weight is 422 g/mol. The fourth-order valence-electron chi connectivity index (χ4n) is 3.01. The number of phenolic OH excluding ortho intramolecular Hbond substituents is 2. The second-order valence-electron chi connectivity index (χ2n) is 6.71.